The first-order valence-corrected chi connectivity index (χ1v) is 5.55. The number of aromatic nitrogens is 2. The van der Waals surface area contributed by atoms with Gasteiger partial charge < -0.3 is 10.1 Å². The maximum Gasteiger partial charge on any atom is 0.249 e. The van der Waals surface area contributed by atoms with E-state index in [1.807, 2.05) is 13.1 Å². The number of guanidine groups is 1. The lowest BCUT2D eigenvalue weighted by Crippen LogP contribution is -2.21. The van der Waals surface area contributed by atoms with Gasteiger partial charge in [0.05, 0.1) is 6.61 Å². The van der Waals surface area contributed by atoms with Gasteiger partial charge in [-0.3, -0.25) is 0 Å². The summed E-state index contributed by atoms with van der Waals surface area (Å²) in [6.07, 6.45) is 3.93. The van der Waals surface area contributed by atoms with Crippen molar-refractivity contribution in [2.24, 2.45) is 23.2 Å². The quantitative estimate of drug-likeness (QED) is 0.824. The molecule has 0 bridgehead atoms. The van der Waals surface area contributed by atoms with Crippen molar-refractivity contribution in [3.05, 3.63) is 6.07 Å². The van der Waals surface area contributed by atoms with Gasteiger partial charge >= 0.3 is 0 Å². The van der Waals surface area contributed by atoms with Crippen LogP contribution >= 0.6 is 0 Å². The monoisotopic (exact) mass is 233 g/mol. The molecular weight excluding hydrogens is 220 g/mol. The van der Waals surface area contributed by atoms with Crippen molar-refractivity contribution >= 4 is 18.1 Å². The summed E-state index contributed by atoms with van der Waals surface area (Å²) in [5.74, 6) is 2.59. The van der Waals surface area contributed by atoms with Crippen LogP contribution in [0.4, 0.5) is 5.82 Å². The number of rotatable bonds is 4. The molecule has 7 heteroatoms. The van der Waals surface area contributed by atoms with Gasteiger partial charge in [0, 0.05) is 13.1 Å². The zero-order valence-electron chi connectivity index (χ0n) is 9.50. The molecule has 1 aliphatic heterocycles. The molecule has 1 radical (unpaired) electrons. The third-order valence-electron chi connectivity index (χ3n) is 2.65. The van der Waals surface area contributed by atoms with Crippen molar-refractivity contribution < 1.29 is 4.74 Å². The second-order valence-corrected chi connectivity index (χ2v) is 4.15. The molecule has 0 unspecified atom stereocenters. The molecule has 7 nitrogen and oxygen atoms in total. The number of ether oxygens (including phenoxy) is 1. The molecule has 17 heavy (non-hydrogen) atoms. The first-order chi connectivity index (χ1) is 8.31. The van der Waals surface area contributed by atoms with Gasteiger partial charge in [-0.15, -0.1) is 15.3 Å². The molecular formula is C10H13N6O. The molecule has 1 saturated carbocycles. The number of hydrogen-bond donors (Lipinski definition) is 1. The molecule has 0 saturated heterocycles. The third kappa shape index (κ3) is 2.38. The summed E-state index contributed by atoms with van der Waals surface area (Å²) in [7, 11) is 1.84. The van der Waals surface area contributed by atoms with Crippen LogP contribution in [0.3, 0.4) is 0 Å². The zero-order valence-corrected chi connectivity index (χ0v) is 9.50. The van der Waals surface area contributed by atoms with Gasteiger partial charge in [0.15, 0.2) is 0 Å². The Bertz CT molecular complexity index is 473. The van der Waals surface area contributed by atoms with E-state index in [9.17, 15) is 0 Å². The van der Waals surface area contributed by atoms with E-state index in [-0.39, 0.29) is 0 Å². The normalized spacial score (nSPS) is 17.8. The van der Waals surface area contributed by atoms with Gasteiger partial charge in [-0.1, -0.05) is 0 Å². The zero-order chi connectivity index (χ0) is 11.7. The number of aryl methyl sites for hydroxylation is 1. The highest BCUT2D eigenvalue weighted by Crippen LogP contribution is 2.29. The van der Waals surface area contributed by atoms with E-state index in [2.05, 4.69) is 25.9 Å². The van der Waals surface area contributed by atoms with E-state index in [0.29, 0.717) is 11.8 Å². The van der Waals surface area contributed by atoms with Gasteiger partial charge in [-0.05, 0) is 18.8 Å². The average Bonchev–Trinajstić information content (AvgIpc) is 2.89. The number of hydrogen-bond acceptors (Lipinski definition) is 5. The smallest absolute Gasteiger partial charge is 0.249 e. The van der Waals surface area contributed by atoms with Gasteiger partial charge in [0.1, 0.15) is 12.2 Å². The molecule has 0 aromatic carbocycles. The number of anilines is 1. The topological polar surface area (TPSA) is 77.9 Å². The Morgan fingerprint density at radius 1 is 1.53 bits per heavy atom. The molecule has 1 aromatic rings. The lowest BCUT2D eigenvalue weighted by molar-refractivity contribution is 0.285. The highest BCUT2D eigenvalue weighted by molar-refractivity contribution is 6.01. The SMILES string of the molecule is Cn1nc(OCC2CC2)cc1NC1=NN=C[N]1. The predicted octanol–water partition coefficient (Wildman–Crippen LogP) is 0.538. The molecule has 0 spiro atoms. The van der Waals surface area contributed by atoms with Crippen molar-refractivity contribution in [1.29, 1.82) is 0 Å². The van der Waals surface area contributed by atoms with Crippen LogP contribution in [0.5, 0.6) is 5.88 Å². The first-order valence-electron chi connectivity index (χ1n) is 5.55. The standard InChI is InChI=1S/C10H13N6O/c1-16-8(13-10-11-6-12-14-10)4-9(15-16)17-5-7-2-3-7/h4,6-7H,2-3,5H2,1H3,(H,13,14). The van der Waals surface area contributed by atoms with Crippen molar-refractivity contribution in [3.8, 4) is 5.88 Å². The summed E-state index contributed by atoms with van der Waals surface area (Å²) in [6.45, 7) is 0.755. The lowest BCUT2D eigenvalue weighted by atomic mass is 10.5. The third-order valence-corrected chi connectivity index (χ3v) is 2.65. The Hall–Kier alpha value is -2.05. The van der Waals surface area contributed by atoms with Crippen LogP contribution in [0.2, 0.25) is 0 Å². The van der Waals surface area contributed by atoms with Gasteiger partial charge in [0.2, 0.25) is 11.8 Å². The van der Waals surface area contributed by atoms with Crippen molar-refractivity contribution in [2.45, 2.75) is 12.8 Å². The maximum atomic E-state index is 5.58. The Labute approximate surface area is 98.6 Å². The predicted molar refractivity (Wildman–Crippen MR) is 63.1 cm³/mol. The molecule has 0 atom stereocenters. The van der Waals surface area contributed by atoms with Crippen LogP contribution in [0, 0.1) is 5.92 Å². The Balaban J connectivity index is 1.62. The van der Waals surface area contributed by atoms with E-state index < -0.39 is 0 Å². The highest BCUT2D eigenvalue weighted by Gasteiger charge is 2.22. The molecule has 1 aliphatic carbocycles. The molecule has 0 amide bonds. The van der Waals surface area contributed by atoms with Crippen molar-refractivity contribution in [2.75, 3.05) is 11.9 Å². The van der Waals surface area contributed by atoms with E-state index in [1.54, 1.807) is 4.68 Å². The van der Waals surface area contributed by atoms with E-state index in [1.165, 1.54) is 19.2 Å². The van der Waals surface area contributed by atoms with Crippen LogP contribution in [-0.4, -0.2) is 28.7 Å². The second kappa shape index (κ2) is 4.08. The van der Waals surface area contributed by atoms with Crippen LogP contribution < -0.4 is 15.4 Å². The molecule has 2 aliphatic rings. The molecule has 89 valence electrons. The minimum absolute atomic E-state index is 0.460. The summed E-state index contributed by atoms with van der Waals surface area (Å²) in [4.78, 5) is 0. The van der Waals surface area contributed by atoms with Crippen LogP contribution in [0.1, 0.15) is 12.8 Å². The first kappa shape index (κ1) is 10.1. The molecule has 1 fully saturated rings. The van der Waals surface area contributed by atoms with Crippen molar-refractivity contribution in [3.63, 3.8) is 0 Å². The number of nitrogens with zero attached hydrogens (tertiary/aromatic N) is 5. The van der Waals surface area contributed by atoms with E-state index >= 15 is 0 Å². The fourth-order valence-corrected chi connectivity index (χ4v) is 1.47. The second-order valence-electron chi connectivity index (χ2n) is 4.15. The fourth-order valence-electron chi connectivity index (χ4n) is 1.47. The van der Waals surface area contributed by atoms with E-state index in [0.717, 1.165) is 18.3 Å². The summed E-state index contributed by atoms with van der Waals surface area (Å²) in [6, 6.07) is 1.83. The fraction of sp³-hybridized carbons (Fsp3) is 0.500. The Morgan fingerprint density at radius 2 is 2.41 bits per heavy atom. The molecule has 1 N–H and O–H groups in total. The summed E-state index contributed by atoms with van der Waals surface area (Å²) in [5.41, 5.74) is 0. The van der Waals surface area contributed by atoms with Crippen LogP contribution in [0.25, 0.3) is 0 Å². The summed E-state index contributed by atoms with van der Waals surface area (Å²) < 4.78 is 7.28. The molecule has 1 aromatic heterocycles. The number of nitrogens with one attached hydrogen (secondary N) is 1. The minimum Gasteiger partial charge on any atom is -0.476 e. The van der Waals surface area contributed by atoms with Gasteiger partial charge in [0.25, 0.3) is 0 Å². The average molecular weight is 233 g/mol. The summed E-state index contributed by atoms with van der Waals surface area (Å²) in [5, 5.41) is 18.6. The maximum absolute atomic E-state index is 5.58. The van der Waals surface area contributed by atoms with Crippen molar-refractivity contribution in [1.82, 2.24) is 15.1 Å². The van der Waals surface area contributed by atoms with Crippen LogP contribution in [0.15, 0.2) is 16.3 Å². The summed E-state index contributed by atoms with van der Waals surface area (Å²) >= 11 is 0. The van der Waals surface area contributed by atoms with Gasteiger partial charge in [-0.2, -0.15) is 5.32 Å². The largest absolute Gasteiger partial charge is 0.476 e. The van der Waals surface area contributed by atoms with Crippen LogP contribution in [-0.2, 0) is 7.05 Å². The van der Waals surface area contributed by atoms with Gasteiger partial charge in [-0.25, -0.2) is 4.68 Å². The Morgan fingerprint density at radius 3 is 3.12 bits per heavy atom. The Kier molecular flexibility index (Phi) is 2.43. The highest BCUT2D eigenvalue weighted by atomic mass is 16.5. The minimum atomic E-state index is 0.460. The molecule has 3 rings (SSSR count). The molecule has 2 heterocycles. The van der Waals surface area contributed by atoms with E-state index in [4.69, 9.17) is 4.74 Å². The lowest BCUT2D eigenvalue weighted by Gasteiger charge is -2.01.